The number of benzene rings is 1. The van der Waals surface area contributed by atoms with Gasteiger partial charge >= 0.3 is 0 Å². The third kappa shape index (κ3) is 3.59. The first-order valence-corrected chi connectivity index (χ1v) is 8.29. The number of carbonyl (C=O) groups is 1. The summed E-state index contributed by atoms with van der Waals surface area (Å²) in [4.78, 5) is 12.3. The highest BCUT2D eigenvalue weighted by atomic mass is 79.9. The lowest BCUT2D eigenvalue weighted by Gasteiger charge is -2.36. The van der Waals surface area contributed by atoms with E-state index in [9.17, 15) is 4.79 Å². The number of rotatable bonds is 4. The van der Waals surface area contributed by atoms with Gasteiger partial charge in [0.25, 0.3) is 5.91 Å². The van der Waals surface area contributed by atoms with Crippen molar-refractivity contribution in [2.75, 3.05) is 5.33 Å². The van der Waals surface area contributed by atoms with E-state index in [-0.39, 0.29) is 11.4 Å². The zero-order valence-corrected chi connectivity index (χ0v) is 13.1. The van der Waals surface area contributed by atoms with Gasteiger partial charge in [0.05, 0.1) is 5.54 Å². The highest BCUT2D eigenvalue weighted by Crippen LogP contribution is 2.30. The van der Waals surface area contributed by atoms with E-state index in [0.717, 1.165) is 30.2 Å². The van der Waals surface area contributed by atoms with E-state index in [0.29, 0.717) is 0 Å². The number of carbonyl (C=O) groups excluding carboxylic acids is 1. The molecule has 1 N–H and O–H groups in total. The number of amides is 1. The molecule has 0 unspecified atom stereocenters. The average Bonchev–Trinajstić information content (AvgIpc) is 2.48. The van der Waals surface area contributed by atoms with Crippen LogP contribution in [0, 0.1) is 0 Å². The van der Waals surface area contributed by atoms with Crippen molar-refractivity contribution in [2.45, 2.75) is 51.0 Å². The number of nitrogens with one attached hydrogen (secondary N) is 1. The van der Waals surface area contributed by atoms with Crippen LogP contribution in [0.3, 0.4) is 0 Å². The van der Waals surface area contributed by atoms with Crippen molar-refractivity contribution < 1.29 is 4.79 Å². The maximum absolute atomic E-state index is 12.3. The largest absolute Gasteiger partial charge is 0.346 e. The summed E-state index contributed by atoms with van der Waals surface area (Å²) < 4.78 is 0. The minimum Gasteiger partial charge on any atom is -0.346 e. The Morgan fingerprint density at radius 1 is 1.21 bits per heavy atom. The van der Waals surface area contributed by atoms with E-state index in [2.05, 4.69) is 28.2 Å². The minimum atomic E-state index is -0.0429. The number of halogens is 1. The Morgan fingerprint density at radius 2 is 1.84 bits per heavy atom. The number of aryl methyl sites for hydroxylation is 1. The lowest BCUT2D eigenvalue weighted by atomic mass is 9.83. The molecule has 3 heteroatoms. The highest BCUT2D eigenvalue weighted by Gasteiger charge is 2.32. The lowest BCUT2D eigenvalue weighted by Crippen LogP contribution is -2.51. The third-order valence-corrected chi connectivity index (χ3v) is 5.14. The maximum atomic E-state index is 12.3. The number of alkyl halides is 1. The first-order chi connectivity index (χ1) is 9.19. The molecule has 1 aromatic carbocycles. The summed E-state index contributed by atoms with van der Waals surface area (Å²) in [6.07, 6.45) is 6.87. The summed E-state index contributed by atoms with van der Waals surface area (Å²) in [5.41, 5.74) is 1.99. The van der Waals surface area contributed by atoms with Crippen LogP contribution in [0.2, 0.25) is 0 Å². The Balaban J connectivity index is 2.06. The molecule has 1 amide bonds. The summed E-state index contributed by atoms with van der Waals surface area (Å²) in [5, 5.41) is 4.10. The van der Waals surface area contributed by atoms with Gasteiger partial charge in [0.2, 0.25) is 0 Å². The molecule has 0 aliphatic heterocycles. The van der Waals surface area contributed by atoms with Crippen molar-refractivity contribution in [1.82, 2.24) is 5.32 Å². The average molecular weight is 324 g/mol. The molecule has 104 valence electrons. The van der Waals surface area contributed by atoms with E-state index >= 15 is 0 Å². The molecular weight excluding hydrogens is 302 g/mol. The summed E-state index contributed by atoms with van der Waals surface area (Å²) in [6, 6.07) is 7.94. The molecule has 0 bridgehead atoms. The molecule has 0 saturated heterocycles. The Morgan fingerprint density at radius 3 is 2.37 bits per heavy atom. The van der Waals surface area contributed by atoms with Crippen LogP contribution in [0.1, 0.15) is 54.9 Å². The third-order valence-electron chi connectivity index (χ3n) is 4.07. The van der Waals surface area contributed by atoms with Gasteiger partial charge in [0, 0.05) is 10.9 Å². The van der Waals surface area contributed by atoms with Crippen molar-refractivity contribution >= 4 is 21.8 Å². The van der Waals surface area contributed by atoms with Crippen LogP contribution in [0.5, 0.6) is 0 Å². The van der Waals surface area contributed by atoms with Gasteiger partial charge in [-0.2, -0.15) is 0 Å². The molecule has 0 aromatic heterocycles. The standard InChI is InChI=1S/C16H22BrNO/c1-2-13-6-8-14(9-7-13)15(19)18-16(12-17)10-4-3-5-11-16/h6-9H,2-5,10-12H2,1H3,(H,18,19). The maximum Gasteiger partial charge on any atom is 0.251 e. The van der Waals surface area contributed by atoms with E-state index in [1.54, 1.807) is 0 Å². The quantitative estimate of drug-likeness (QED) is 0.831. The highest BCUT2D eigenvalue weighted by molar-refractivity contribution is 9.09. The van der Waals surface area contributed by atoms with Gasteiger partial charge < -0.3 is 5.32 Å². The van der Waals surface area contributed by atoms with Crippen LogP contribution in [0.25, 0.3) is 0 Å². The smallest absolute Gasteiger partial charge is 0.251 e. The fraction of sp³-hybridized carbons (Fsp3) is 0.562. The molecule has 1 aromatic rings. The van der Waals surface area contributed by atoms with Crippen molar-refractivity contribution in [1.29, 1.82) is 0 Å². The van der Waals surface area contributed by atoms with Crippen LogP contribution in [-0.2, 0) is 6.42 Å². The fourth-order valence-electron chi connectivity index (χ4n) is 2.73. The lowest BCUT2D eigenvalue weighted by molar-refractivity contribution is 0.0886. The van der Waals surface area contributed by atoms with Crippen molar-refractivity contribution in [3.05, 3.63) is 35.4 Å². The molecule has 0 heterocycles. The van der Waals surface area contributed by atoms with Gasteiger partial charge in [-0.15, -0.1) is 0 Å². The minimum absolute atomic E-state index is 0.0429. The van der Waals surface area contributed by atoms with Crippen LogP contribution in [-0.4, -0.2) is 16.8 Å². The summed E-state index contributed by atoms with van der Waals surface area (Å²) >= 11 is 3.58. The number of hydrogen-bond donors (Lipinski definition) is 1. The summed E-state index contributed by atoms with van der Waals surface area (Å²) in [7, 11) is 0. The molecule has 2 rings (SSSR count). The van der Waals surface area contributed by atoms with Crippen LogP contribution < -0.4 is 5.32 Å². The zero-order chi connectivity index (χ0) is 13.7. The van der Waals surface area contributed by atoms with Gasteiger partial charge in [-0.1, -0.05) is 54.2 Å². The molecule has 19 heavy (non-hydrogen) atoms. The van der Waals surface area contributed by atoms with Gasteiger partial charge in [-0.05, 0) is 37.0 Å². The second-order valence-corrected chi connectivity index (χ2v) is 6.04. The van der Waals surface area contributed by atoms with Crippen LogP contribution in [0.15, 0.2) is 24.3 Å². The van der Waals surface area contributed by atoms with E-state index in [4.69, 9.17) is 0 Å². The summed E-state index contributed by atoms with van der Waals surface area (Å²) in [5.74, 6) is 0.0593. The molecule has 1 aliphatic carbocycles. The molecule has 0 atom stereocenters. The summed E-state index contributed by atoms with van der Waals surface area (Å²) in [6.45, 7) is 2.12. The van der Waals surface area contributed by atoms with Crippen molar-refractivity contribution in [2.24, 2.45) is 0 Å². The molecule has 1 aliphatic rings. The Bertz CT molecular complexity index is 421. The monoisotopic (exact) mass is 323 g/mol. The first kappa shape index (κ1) is 14.6. The molecule has 2 nitrogen and oxygen atoms in total. The van der Waals surface area contributed by atoms with Gasteiger partial charge in [-0.3, -0.25) is 4.79 Å². The second-order valence-electron chi connectivity index (χ2n) is 5.48. The van der Waals surface area contributed by atoms with Crippen molar-refractivity contribution in [3.63, 3.8) is 0 Å². The predicted octanol–water partition coefficient (Wildman–Crippen LogP) is 4.08. The fourth-order valence-corrected chi connectivity index (χ4v) is 3.43. The van der Waals surface area contributed by atoms with Gasteiger partial charge in [-0.25, -0.2) is 0 Å². The van der Waals surface area contributed by atoms with E-state index in [1.807, 2.05) is 24.3 Å². The van der Waals surface area contributed by atoms with E-state index < -0.39 is 0 Å². The zero-order valence-electron chi connectivity index (χ0n) is 11.5. The number of hydrogen-bond acceptors (Lipinski definition) is 1. The Labute approximate surface area is 124 Å². The molecular formula is C16H22BrNO. The molecule has 1 saturated carbocycles. The van der Waals surface area contributed by atoms with Crippen LogP contribution in [0.4, 0.5) is 0 Å². The van der Waals surface area contributed by atoms with Crippen molar-refractivity contribution in [3.8, 4) is 0 Å². The topological polar surface area (TPSA) is 29.1 Å². The molecule has 0 radical (unpaired) electrons. The van der Waals surface area contributed by atoms with Gasteiger partial charge in [0.15, 0.2) is 0 Å². The normalized spacial score (nSPS) is 18.0. The van der Waals surface area contributed by atoms with E-state index in [1.165, 1.54) is 24.8 Å². The van der Waals surface area contributed by atoms with Crippen LogP contribution >= 0.6 is 15.9 Å². The predicted molar refractivity (Wildman–Crippen MR) is 82.9 cm³/mol. The Kier molecular flexibility index (Phi) is 5.03. The SMILES string of the molecule is CCc1ccc(C(=O)NC2(CBr)CCCCC2)cc1. The Hall–Kier alpha value is -0.830. The first-order valence-electron chi connectivity index (χ1n) is 7.16. The molecule has 1 fully saturated rings. The second kappa shape index (κ2) is 6.56. The van der Waals surface area contributed by atoms with Gasteiger partial charge in [0.1, 0.15) is 0 Å². The molecule has 0 spiro atoms.